The van der Waals surface area contributed by atoms with Gasteiger partial charge in [0.25, 0.3) is 5.91 Å². The third kappa shape index (κ3) is 3.46. The number of fused-ring (bicyclic) bond motifs is 1. The van der Waals surface area contributed by atoms with E-state index in [1.165, 1.54) is 22.2 Å². The predicted octanol–water partition coefficient (Wildman–Crippen LogP) is 3.83. The Labute approximate surface area is 148 Å². The first-order valence-corrected chi connectivity index (χ1v) is 8.66. The van der Waals surface area contributed by atoms with E-state index in [1.54, 1.807) is 24.3 Å². The Morgan fingerprint density at radius 2 is 2.04 bits per heavy atom. The molecule has 1 aromatic carbocycles. The summed E-state index contributed by atoms with van der Waals surface area (Å²) in [6.45, 7) is -0.0515. The Morgan fingerprint density at radius 3 is 2.75 bits per heavy atom. The Balaban J connectivity index is 1.86. The van der Waals surface area contributed by atoms with Crippen LogP contribution in [0.2, 0.25) is 5.02 Å². The maximum absolute atomic E-state index is 12.7. The topological polar surface area (TPSA) is 78.4 Å². The van der Waals surface area contributed by atoms with Gasteiger partial charge in [-0.05, 0) is 49.1 Å². The van der Waals surface area contributed by atoms with E-state index >= 15 is 0 Å². The number of rotatable bonds is 5. The molecule has 1 amide bonds. The van der Waals surface area contributed by atoms with Gasteiger partial charge < -0.3 is 15.7 Å². The molecule has 3 N–H and O–H groups in total. The SMILES string of the molecule is O=C=C(O)CNc1sc2c(c1C(=O)Nc1ccc(Cl)cc1)CCC2. The van der Waals surface area contributed by atoms with Crippen LogP contribution in [-0.2, 0) is 17.6 Å². The molecular formula is C17H15ClN2O3S. The lowest BCUT2D eigenvalue weighted by Crippen LogP contribution is -2.16. The molecule has 1 aliphatic carbocycles. The highest BCUT2D eigenvalue weighted by Gasteiger charge is 2.26. The number of hydrogen-bond acceptors (Lipinski definition) is 5. The molecule has 0 fully saturated rings. The molecule has 0 saturated carbocycles. The maximum Gasteiger partial charge on any atom is 0.258 e. The fourth-order valence-corrected chi connectivity index (χ4v) is 4.10. The number of amides is 1. The summed E-state index contributed by atoms with van der Waals surface area (Å²) in [4.78, 5) is 24.3. The molecule has 3 rings (SSSR count). The average molecular weight is 363 g/mol. The largest absolute Gasteiger partial charge is 0.501 e. The number of benzene rings is 1. The van der Waals surface area contributed by atoms with Crippen LogP contribution in [0.4, 0.5) is 10.7 Å². The summed E-state index contributed by atoms with van der Waals surface area (Å²) < 4.78 is 0. The van der Waals surface area contributed by atoms with Crippen molar-refractivity contribution in [3.8, 4) is 0 Å². The van der Waals surface area contributed by atoms with Gasteiger partial charge in [-0.3, -0.25) is 4.79 Å². The van der Waals surface area contributed by atoms with E-state index in [2.05, 4.69) is 10.6 Å². The normalized spacial score (nSPS) is 12.4. The zero-order chi connectivity index (χ0) is 17.1. The van der Waals surface area contributed by atoms with Gasteiger partial charge in [-0.25, -0.2) is 4.79 Å². The van der Waals surface area contributed by atoms with Crippen LogP contribution in [0.5, 0.6) is 0 Å². The maximum atomic E-state index is 12.7. The van der Waals surface area contributed by atoms with Crippen LogP contribution < -0.4 is 10.6 Å². The van der Waals surface area contributed by atoms with Gasteiger partial charge in [0.2, 0.25) is 0 Å². The van der Waals surface area contributed by atoms with Crippen LogP contribution in [0.3, 0.4) is 0 Å². The van der Waals surface area contributed by atoms with Crippen molar-refractivity contribution < 1.29 is 14.7 Å². The lowest BCUT2D eigenvalue weighted by atomic mass is 10.1. The summed E-state index contributed by atoms with van der Waals surface area (Å²) in [6.07, 6.45) is 2.83. The number of carbonyl (C=O) groups is 1. The first-order valence-electron chi connectivity index (χ1n) is 7.46. The van der Waals surface area contributed by atoms with E-state index < -0.39 is 5.76 Å². The van der Waals surface area contributed by atoms with E-state index in [0.29, 0.717) is 21.3 Å². The first kappa shape index (κ1) is 16.6. The molecule has 0 bridgehead atoms. The Bertz CT molecular complexity index is 823. The first-order chi connectivity index (χ1) is 11.6. The van der Waals surface area contributed by atoms with E-state index in [4.69, 9.17) is 11.6 Å². The molecule has 0 saturated heterocycles. The summed E-state index contributed by atoms with van der Waals surface area (Å²) in [6, 6.07) is 6.89. The van der Waals surface area contributed by atoms with E-state index in [9.17, 15) is 14.7 Å². The second-order valence-corrected chi connectivity index (χ2v) is 6.97. The van der Waals surface area contributed by atoms with Crippen molar-refractivity contribution in [2.75, 3.05) is 17.2 Å². The van der Waals surface area contributed by atoms with Gasteiger partial charge >= 0.3 is 0 Å². The van der Waals surface area contributed by atoms with Crippen LogP contribution >= 0.6 is 22.9 Å². The Morgan fingerprint density at radius 1 is 1.29 bits per heavy atom. The zero-order valence-electron chi connectivity index (χ0n) is 12.7. The minimum atomic E-state index is -0.424. The van der Waals surface area contributed by atoms with E-state index in [-0.39, 0.29) is 12.5 Å². The molecule has 1 aliphatic rings. The summed E-state index contributed by atoms with van der Waals surface area (Å²) >= 11 is 7.35. The zero-order valence-corrected chi connectivity index (χ0v) is 14.3. The summed E-state index contributed by atoms with van der Waals surface area (Å²) in [5.41, 5.74) is 2.29. The van der Waals surface area contributed by atoms with Crippen LogP contribution in [0.15, 0.2) is 30.0 Å². The molecule has 124 valence electrons. The summed E-state index contributed by atoms with van der Waals surface area (Å²) in [7, 11) is 0. The van der Waals surface area contributed by atoms with Crippen LogP contribution in [0.25, 0.3) is 0 Å². The fraction of sp³-hybridized carbons (Fsp3) is 0.235. The number of nitrogens with one attached hydrogen (secondary N) is 2. The van der Waals surface area contributed by atoms with Gasteiger partial charge in [-0.15, -0.1) is 11.3 Å². The van der Waals surface area contributed by atoms with Gasteiger partial charge in [-0.2, -0.15) is 0 Å². The third-order valence-electron chi connectivity index (χ3n) is 3.78. The van der Waals surface area contributed by atoms with Gasteiger partial charge in [0.1, 0.15) is 5.00 Å². The van der Waals surface area contributed by atoms with Gasteiger partial charge in [-0.1, -0.05) is 11.6 Å². The van der Waals surface area contributed by atoms with Gasteiger partial charge in [0, 0.05) is 15.6 Å². The fourth-order valence-electron chi connectivity index (χ4n) is 2.70. The number of halogens is 1. The van der Waals surface area contributed by atoms with Crippen molar-refractivity contribution >= 4 is 45.5 Å². The van der Waals surface area contributed by atoms with Crippen molar-refractivity contribution in [3.63, 3.8) is 0 Å². The van der Waals surface area contributed by atoms with Crippen LogP contribution in [0.1, 0.15) is 27.2 Å². The minimum absolute atomic E-state index is 0.0515. The molecule has 0 aliphatic heterocycles. The number of aliphatic hydroxyl groups is 1. The molecule has 1 heterocycles. The van der Waals surface area contributed by atoms with E-state index in [0.717, 1.165) is 24.8 Å². The number of aryl methyl sites for hydroxylation is 1. The Hall–Kier alpha value is -2.27. The molecule has 0 radical (unpaired) electrons. The smallest absolute Gasteiger partial charge is 0.258 e. The highest BCUT2D eigenvalue weighted by molar-refractivity contribution is 7.16. The molecular weight excluding hydrogens is 348 g/mol. The van der Waals surface area contributed by atoms with Crippen LogP contribution in [-0.4, -0.2) is 23.5 Å². The van der Waals surface area contributed by atoms with Gasteiger partial charge in [0.05, 0.1) is 12.1 Å². The van der Waals surface area contributed by atoms with Gasteiger partial charge in [0.15, 0.2) is 11.7 Å². The lowest BCUT2D eigenvalue weighted by molar-refractivity contribution is 0.102. The van der Waals surface area contributed by atoms with Crippen LogP contribution in [0, 0.1) is 0 Å². The molecule has 24 heavy (non-hydrogen) atoms. The number of aliphatic hydroxyl groups excluding tert-OH is 1. The van der Waals surface area contributed by atoms with Crippen molar-refractivity contribution in [2.24, 2.45) is 0 Å². The third-order valence-corrected chi connectivity index (χ3v) is 5.29. The number of hydrogen-bond donors (Lipinski definition) is 3. The molecule has 2 aromatic rings. The van der Waals surface area contributed by atoms with Crippen molar-refractivity contribution in [1.29, 1.82) is 0 Å². The quantitative estimate of drug-likeness (QED) is 0.558. The molecule has 1 aromatic heterocycles. The highest BCUT2D eigenvalue weighted by Crippen LogP contribution is 2.39. The van der Waals surface area contributed by atoms with Crippen molar-refractivity contribution in [3.05, 3.63) is 51.1 Å². The summed E-state index contributed by atoms with van der Waals surface area (Å²) in [5, 5.41) is 16.4. The monoisotopic (exact) mass is 362 g/mol. The average Bonchev–Trinajstić information content (AvgIpc) is 3.15. The predicted molar refractivity (Wildman–Crippen MR) is 96.1 cm³/mol. The lowest BCUT2D eigenvalue weighted by Gasteiger charge is -2.09. The molecule has 0 spiro atoms. The summed E-state index contributed by atoms with van der Waals surface area (Å²) in [5.74, 6) is 0.792. The minimum Gasteiger partial charge on any atom is -0.501 e. The molecule has 0 atom stereocenters. The number of anilines is 2. The number of carbonyl (C=O) groups excluding carboxylic acids is 2. The molecule has 7 heteroatoms. The highest BCUT2D eigenvalue weighted by atomic mass is 35.5. The molecule has 5 nitrogen and oxygen atoms in total. The van der Waals surface area contributed by atoms with Crippen molar-refractivity contribution in [1.82, 2.24) is 0 Å². The second kappa shape index (κ2) is 7.09. The second-order valence-electron chi connectivity index (χ2n) is 5.42. The standard InChI is InChI=1S/C17H15ClN2O3S/c18-10-4-6-11(7-5-10)20-16(23)15-13-2-1-3-14(13)24-17(15)19-8-12(22)9-21/h4-7,19,22H,1-3,8H2,(H,20,23). The van der Waals surface area contributed by atoms with E-state index in [1.807, 2.05) is 0 Å². The molecule has 0 unspecified atom stereocenters. The Kier molecular flexibility index (Phi) is 4.90. The number of thiophene rings is 1. The van der Waals surface area contributed by atoms with Crippen molar-refractivity contribution in [2.45, 2.75) is 19.3 Å².